The van der Waals surface area contributed by atoms with E-state index >= 15 is 0 Å². The number of carboxylic acids is 1. The molecule has 116 valence electrons. The van der Waals surface area contributed by atoms with E-state index in [-0.39, 0.29) is 0 Å². The Morgan fingerprint density at radius 2 is 2.19 bits per heavy atom. The van der Waals surface area contributed by atoms with Crippen LogP contribution >= 0.6 is 27.7 Å². The lowest BCUT2D eigenvalue weighted by Gasteiger charge is -2.16. The van der Waals surface area contributed by atoms with Gasteiger partial charge in [-0.1, -0.05) is 15.9 Å². The molecule has 3 N–H and O–H groups in total. The van der Waals surface area contributed by atoms with Crippen LogP contribution in [0.15, 0.2) is 22.7 Å². The van der Waals surface area contributed by atoms with Crippen molar-refractivity contribution in [2.75, 3.05) is 24.4 Å². The van der Waals surface area contributed by atoms with Gasteiger partial charge in [0.15, 0.2) is 0 Å². The first-order valence-corrected chi connectivity index (χ1v) is 8.29. The minimum atomic E-state index is -1.06. The maximum Gasteiger partial charge on any atom is 0.326 e. The third-order valence-electron chi connectivity index (χ3n) is 2.62. The average Bonchev–Trinajstić information content (AvgIpc) is 2.43. The summed E-state index contributed by atoms with van der Waals surface area (Å²) in [4.78, 5) is 23.0. The molecule has 0 spiro atoms. The Morgan fingerprint density at radius 1 is 1.48 bits per heavy atom. The number of carboxylic acid groups (broad SMARTS) is 1. The number of thioether (sulfide) groups is 1. The predicted molar refractivity (Wildman–Crippen MR) is 87.3 cm³/mol. The zero-order valence-electron chi connectivity index (χ0n) is 11.7. The lowest BCUT2D eigenvalue weighted by Crippen LogP contribution is -2.43. The fraction of sp³-hybridized carbons (Fsp3) is 0.385. The Balaban J connectivity index is 2.71. The van der Waals surface area contributed by atoms with Gasteiger partial charge in [0.1, 0.15) is 11.8 Å². The van der Waals surface area contributed by atoms with Gasteiger partial charge in [0, 0.05) is 4.47 Å². The first kappa shape index (κ1) is 17.6. The normalized spacial score (nSPS) is 11.6. The molecule has 1 aromatic carbocycles. The first-order chi connectivity index (χ1) is 9.97. The van der Waals surface area contributed by atoms with E-state index < -0.39 is 18.0 Å². The topological polar surface area (TPSA) is 87.7 Å². The van der Waals surface area contributed by atoms with Crippen LogP contribution in [0, 0.1) is 0 Å². The van der Waals surface area contributed by atoms with E-state index in [9.17, 15) is 9.59 Å². The quantitative estimate of drug-likeness (QED) is 0.680. The van der Waals surface area contributed by atoms with Gasteiger partial charge in [-0.25, -0.2) is 9.59 Å². The Labute approximate surface area is 135 Å². The molecule has 0 heterocycles. The molecule has 8 heteroatoms. The molecule has 0 saturated heterocycles. The summed E-state index contributed by atoms with van der Waals surface area (Å²) < 4.78 is 5.91. The average molecular weight is 377 g/mol. The van der Waals surface area contributed by atoms with E-state index in [1.54, 1.807) is 18.2 Å². The molecule has 0 bridgehead atoms. The monoisotopic (exact) mass is 376 g/mol. The number of urea groups is 1. The molecule has 0 aromatic heterocycles. The maximum absolute atomic E-state index is 11.9. The molecule has 0 aliphatic heterocycles. The largest absolute Gasteiger partial charge is 0.495 e. The van der Waals surface area contributed by atoms with Crippen molar-refractivity contribution in [2.24, 2.45) is 0 Å². The molecular weight excluding hydrogens is 360 g/mol. The van der Waals surface area contributed by atoms with Crippen molar-refractivity contribution in [1.29, 1.82) is 0 Å². The number of hydrogen-bond donors (Lipinski definition) is 3. The van der Waals surface area contributed by atoms with Crippen LogP contribution in [-0.2, 0) is 4.79 Å². The third-order valence-corrected chi connectivity index (χ3v) is 3.76. The summed E-state index contributed by atoms with van der Waals surface area (Å²) in [6.45, 7) is 0. The Kier molecular flexibility index (Phi) is 7.38. The van der Waals surface area contributed by atoms with Gasteiger partial charge in [-0.15, -0.1) is 0 Å². The van der Waals surface area contributed by atoms with Crippen LogP contribution < -0.4 is 15.4 Å². The van der Waals surface area contributed by atoms with Gasteiger partial charge in [0.05, 0.1) is 12.8 Å². The number of benzene rings is 1. The minimum absolute atomic E-state index is 0.361. The van der Waals surface area contributed by atoms with Gasteiger partial charge in [-0.05, 0) is 36.6 Å². The minimum Gasteiger partial charge on any atom is -0.495 e. The SMILES string of the molecule is COc1ccc(Br)cc1NC(=O)N[C@@H](CCSC)C(=O)O. The highest BCUT2D eigenvalue weighted by Gasteiger charge is 2.20. The highest BCUT2D eigenvalue weighted by atomic mass is 79.9. The Bertz CT molecular complexity index is 513. The van der Waals surface area contributed by atoms with Crippen molar-refractivity contribution in [1.82, 2.24) is 5.32 Å². The second-order valence-corrected chi connectivity index (χ2v) is 6.02. The van der Waals surface area contributed by atoms with Crippen molar-refractivity contribution in [2.45, 2.75) is 12.5 Å². The van der Waals surface area contributed by atoms with Crippen molar-refractivity contribution >= 4 is 45.4 Å². The van der Waals surface area contributed by atoms with E-state index in [0.717, 1.165) is 4.47 Å². The molecule has 0 fully saturated rings. The number of halogens is 1. The second-order valence-electron chi connectivity index (χ2n) is 4.12. The molecule has 0 radical (unpaired) electrons. The van der Waals surface area contributed by atoms with Gasteiger partial charge >= 0.3 is 12.0 Å². The summed E-state index contributed by atoms with van der Waals surface area (Å²) in [7, 11) is 1.49. The summed E-state index contributed by atoms with van der Waals surface area (Å²) in [5.41, 5.74) is 0.457. The van der Waals surface area contributed by atoms with E-state index in [1.165, 1.54) is 18.9 Å². The van der Waals surface area contributed by atoms with Crippen LogP contribution in [0.5, 0.6) is 5.75 Å². The molecule has 1 rings (SSSR count). The molecular formula is C13H17BrN2O4S. The number of carbonyl (C=O) groups is 2. The summed E-state index contributed by atoms with van der Waals surface area (Å²) in [5.74, 6) is 0.0852. The lowest BCUT2D eigenvalue weighted by atomic mass is 10.2. The molecule has 6 nitrogen and oxygen atoms in total. The van der Waals surface area contributed by atoms with Crippen LogP contribution in [0.25, 0.3) is 0 Å². The summed E-state index contributed by atoms with van der Waals surface area (Å²) in [6.07, 6.45) is 2.24. The molecule has 21 heavy (non-hydrogen) atoms. The van der Waals surface area contributed by atoms with Crippen molar-refractivity contribution in [3.63, 3.8) is 0 Å². The lowest BCUT2D eigenvalue weighted by molar-refractivity contribution is -0.139. The van der Waals surface area contributed by atoms with E-state index in [4.69, 9.17) is 9.84 Å². The van der Waals surface area contributed by atoms with Gasteiger partial charge in [-0.3, -0.25) is 0 Å². The highest BCUT2D eigenvalue weighted by Crippen LogP contribution is 2.27. The molecule has 1 atom stereocenters. The molecule has 1 aromatic rings. The number of hydrogen-bond acceptors (Lipinski definition) is 4. The second kappa shape index (κ2) is 8.78. The van der Waals surface area contributed by atoms with Crippen molar-refractivity contribution < 1.29 is 19.4 Å². The van der Waals surface area contributed by atoms with Crippen molar-refractivity contribution in [3.05, 3.63) is 22.7 Å². The predicted octanol–water partition coefficient (Wildman–Crippen LogP) is 2.79. The number of ether oxygens (including phenoxy) is 1. The molecule has 0 unspecified atom stereocenters. The zero-order valence-corrected chi connectivity index (χ0v) is 14.1. The van der Waals surface area contributed by atoms with Crippen LogP contribution in [0.2, 0.25) is 0 Å². The number of rotatable bonds is 7. The van der Waals surface area contributed by atoms with E-state index in [1.807, 2.05) is 6.26 Å². The number of amides is 2. The van der Waals surface area contributed by atoms with Gasteiger partial charge < -0.3 is 20.5 Å². The van der Waals surface area contributed by atoms with E-state index in [0.29, 0.717) is 23.6 Å². The number of nitrogens with one attached hydrogen (secondary N) is 2. The third kappa shape index (κ3) is 5.84. The van der Waals surface area contributed by atoms with E-state index in [2.05, 4.69) is 26.6 Å². The maximum atomic E-state index is 11.9. The van der Waals surface area contributed by atoms with Gasteiger partial charge in [0.25, 0.3) is 0 Å². The first-order valence-electron chi connectivity index (χ1n) is 6.10. The zero-order chi connectivity index (χ0) is 15.8. The molecule has 2 amide bonds. The van der Waals surface area contributed by atoms with Crippen LogP contribution in [-0.4, -0.2) is 42.3 Å². The summed E-state index contributed by atoms with van der Waals surface area (Å²) in [6, 6.07) is 3.65. The number of aliphatic carboxylic acids is 1. The Hall–Kier alpha value is -1.41. The molecule has 0 saturated carbocycles. The van der Waals surface area contributed by atoms with Gasteiger partial charge in [0.2, 0.25) is 0 Å². The van der Waals surface area contributed by atoms with Gasteiger partial charge in [-0.2, -0.15) is 11.8 Å². The highest BCUT2D eigenvalue weighted by molar-refractivity contribution is 9.10. The molecule has 0 aliphatic carbocycles. The number of carbonyl (C=O) groups excluding carboxylic acids is 1. The summed E-state index contributed by atoms with van der Waals surface area (Å²) >= 11 is 4.82. The number of methoxy groups -OCH3 is 1. The van der Waals surface area contributed by atoms with Crippen LogP contribution in [0.4, 0.5) is 10.5 Å². The molecule has 0 aliphatic rings. The van der Waals surface area contributed by atoms with Crippen LogP contribution in [0.1, 0.15) is 6.42 Å². The summed E-state index contributed by atoms with van der Waals surface area (Å²) in [5, 5.41) is 14.1. The van der Waals surface area contributed by atoms with Crippen molar-refractivity contribution in [3.8, 4) is 5.75 Å². The van der Waals surface area contributed by atoms with Crippen LogP contribution in [0.3, 0.4) is 0 Å². The fourth-order valence-corrected chi connectivity index (χ4v) is 2.42. The standard InChI is InChI=1S/C13H17BrN2O4S/c1-20-11-4-3-8(14)7-10(11)16-13(19)15-9(12(17)18)5-6-21-2/h3-4,7,9H,5-6H2,1-2H3,(H,17,18)(H2,15,16,19)/t9-/m0/s1. The Morgan fingerprint density at radius 3 is 2.76 bits per heavy atom. The fourth-order valence-electron chi connectivity index (χ4n) is 1.59. The number of anilines is 1. The smallest absolute Gasteiger partial charge is 0.326 e.